The molecule has 0 radical (unpaired) electrons. The van der Waals surface area contributed by atoms with Crippen molar-refractivity contribution in [2.45, 2.75) is 19.9 Å². The van der Waals surface area contributed by atoms with Crippen LogP contribution in [-0.4, -0.2) is 43.8 Å². The Morgan fingerprint density at radius 1 is 1.47 bits per heavy atom. The number of hydrogen-bond acceptors (Lipinski definition) is 4. The number of likely N-dealkylation sites (N-methyl/N-ethyl adjacent to an activating group) is 1. The second-order valence-corrected chi connectivity index (χ2v) is 3.58. The van der Waals surface area contributed by atoms with Gasteiger partial charge in [0.25, 0.3) is 0 Å². The predicted molar refractivity (Wildman–Crippen MR) is 56.0 cm³/mol. The zero-order valence-electron chi connectivity index (χ0n) is 9.61. The van der Waals surface area contributed by atoms with E-state index in [1.165, 1.54) is 12.0 Å². The summed E-state index contributed by atoms with van der Waals surface area (Å²) in [7, 11) is 2.83. The molecular formula is C9H19N3O3. The number of carbonyl (C=O) groups excluding carboxylic acids is 2. The van der Waals surface area contributed by atoms with Gasteiger partial charge < -0.3 is 20.7 Å². The number of alkyl carbamates (subject to hydrolysis) is 1. The Kier molecular flexibility index (Phi) is 5.69. The van der Waals surface area contributed by atoms with Crippen molar-refractivity contribution < 1.29 is 14.3 Å². The van der Waals surface area contributed by atoms with Gasteiger partial charge >= 0.3 is 6.09 Å². The third kappa shape index (κ3) is 4.16. The van der Waals surface area contributed by atoms with Gasteiger partial charge in [0, 0.05) is 7.05 Å². The van der Waals surface area contributed by atoms with Crippen LogP contribution in [0.4, 0.5) is 4.79 Å². The van der Waals surface area contributed by atoms with E-state index in [0.29, 0.717) is 0 Å². The van der Waals surface area contributed by atoms with Gasteiger partial charge in [0.2, 0.25) is 5.91 Å². The molecule has 1 unspecified atom stereocenters. The monoisotopic (exact) mass is 217 g/mol. The SMILES string of the molecule is COC(=O)NC(C(=O)N(C)CN)C(C)C. The van der Waals surface area contributed by atoms with E-state index >= 15 is 0 Å². The summed E-state index contributed by atoms with van der Waals surface area (Å²) in [6, 6.07) is -0.606. The normalized spacial score (nSPS) is 12.1. The number of ether oxygens (including phenoxy) is 1. The molecule has 0 saturated carbocycles. The zero-order chi connectivity index (χ0) is 12.0. The van der Waals surface area contributed by atoms with E-state index in [9.17, 15) is 9.59 Å². The van der Waals surface area contributed by atoms with Crippen LogP contribution in [0, 0.1) is 5.92 Å². The Labute approximate surface area is 89.7 Å². The molecule has 0 heterocycles. The first-order chi connectivity index (χ1) is 6.93. The molecule has 3 N–H and O–H groups in total. The van der Waals surface area contributed by atoms with E-state index in [-0.39, 0.29) is 18.5 Å². The summed E-state index contributed by atoms with van der Waals surface area (Å²) in [5.41, 5.74) is 5.34. The molecule has 0 fully saturated rings. The fourth-order valence-electron chi connectivity index (χ4n) is 1.03. The molecule has 6 nitrogen and oxygen atoms in total. The van der Waals surface area contributed by atoms with Crippen molar-refractivity contribution in [1.29, 1.82) is 0 Å². The quantitative estimate of drug-likeness (QED) is 0.635. The van der Waals surface area contributed by atoms with Crippen molar-refractivity contribution >= 4 is 12.0 Å². The number of carbonyl (C=O) groups is 2. The Bertz CT molecular complexity index is 231. The van der Waals surface area contributed by atoms with Gasteiger partial charge in [-0.25, -0.2) is 4.79 Å². The standard InChI is InChI=1S/C9H19N3O3/c1-6(2)7(11-9(14)15-4)8(13)12(3)5-10/h6-7H,5,10H2,1-4H3,(H,11,14). The molecule has 0 aliphatic rings. The molecule has 0 bridgehead atoms. The molecule has 0 aliphatic carbocycles. The van der Waals surface area contributed by atoms with E-state index in [1.807, 2.05) is 13.8 Å². The fourth-order valence-corrected chi connectivity index (χ4v) is 1.03. The lowest BCUT2D eigenvalue weighted by atomic mass is 10.0. The largest absolute Gasteiger partial charge is 0.453 e. The second kappa shape index (κ2) is 6.23. The summed E-state index contributed by atoms with van der Waals surface area (Å²) in [4.78, 5) is 24.1. The van der Waals surface area contributed by atoms with Crippen LogP contribution in [0.15, 0.2) is 0 Å². The first kappa shape index (κ1) is 13.7. The van der Waals surface area contributed by atoms with Crippen LogP contribution in [0.3, 0.4) is 0 Å². The summed E-state index contributed by atoms with van der Waals surface area (Å²) in [6.07, 6.45) is -0.618. The molecule has 0 spiro atoms. The lowest BCUT2D eigenvalue weighted by Gasteiger charge is -2.25. The Morgan fingerprint density at radius 3 is 2.33 bits per heavy atom. The van der Waals surface area contributed by atoms with E-state index in [2.05, 4.69) is 10.1 Å². The Hall–Kier alpha value is -1.30. The van der Waals surface area contributed by atoms with Crippen LogP contribution in [0.25, 0.3) is 0 Å². The molecule has 15 heavy (non-hydrogen) atoms. The smallest absolute Gasteiger partial charge is 0.407 e. The molecule has 0 aromatic carbocycles. The van der Waals surface area contributed by atoms with Crippen LogP contribution in [0.2, 0.25) is 0 Å². The Morgan fingerprint density at radius 2 is 2.00 bits per heavy atom. The first-order valence-electron chi connectivity index (χ1n) is 4.73. The maximum atomic E-state index is 11.7. The van der Waals surface area contributed by atoms with Crippen molar-refractivity contribution in [3.63, 3.8) is 0 Å². The molecule has 6 heteroatoms. The average molecular weight is 217 g/mol. The van der Waals surface area contributed by atoms with E-state index < -0.39 is 12.1 Å². The summed E-state index contributed by atoms with van der Waals surface area (Å²) in [6.45, 7) is 3.79. The summed E-state index contributed by atoms with van der Waals surface area (Å²) in [5, 5.41) is 2.47. The van der Waals surface area contributed by atoms with Gasteiger partial charge in [0.15, 0.2) is 0 Å². The van der Waals surface area contributed by atoms with Crippen LogP contribution in [0.5, 0.6) is 0 Å². The molecule has 0 aromatic rings. The van der Waals surface area contributed by atoms with Crippen LogP contribution in [-0.2, 0) is 9.53 Å². The predicted octanol–water partition coefficient (Wildman–Crippen LogP) is -0.258. The number of amides is 2. The zero-order valence-corrected chi connectivity index (χ0v) is 9.61. The highest BCUT2D eigenvalue weighted by molar-refractivity contribution is 5.85. The van der Waals surface area contributed by atoms with Gasteiger partial charge in [-0.2, -0.15) is 0 Å². The van der Waals surface area contributed by atoms with Crippen molar-refractivity contribution in [3.8, 4) is 0 Å². The third-order valence-corrected chi connectivity index (χ3v) is 2.04. The molecule has 0 saturated heterocycles. The van der Waals surface area contributed by atoms with Crippen molar-refractivity contribution in [1.82, 2.24) is 10.2 Å². The highest BCUT2D eigenvalue weighted by Crippen LogP contribution is 2.05. The van der Waals surface area contributed by atoms with E-state index in [4.69, 9.17) is 5.73 Å². The number of methoxy groups -OCH3 is 1. The van der Waals surface area contributed by atoms with E-state index in [1.54, 1.807) is 7.05 Å². The molecule has 2 amide bonds. The maximum absolute atomic E-state index is 11.7. The van der Waals surface area contributed by atoms with Crippen molar-refractivity contribution in [2.75, 3.05) is 20.8 Å². The lowest BCUT2D eigenvalue weighted by Crippen LogP contribution is -2.51. The molecule has 0 rings (SSSR count). The van der Waals surface area contributed by atoms with Gasteiger partial charge in [-0.3, -0.25) is 4.79 Å². The molecule has 0 aromatic heterocycles. The molecule has 88 valence electrons. The minimum absolute atomic E-state index is 0.0226. The number of rotatable bonds is 4. The lowest BCUT2D eigenvalue weighted by molar-refractivity contribution is -0.133. The van der Waals surface area contributed by atoms with Gasteiger partial charge in [-0.1, -0.05) is 13.8 Å². The summed E-state index contributed by atoms with van der Waals surface area (Å²) >= 11 is 0. The number of nitrogens with one attached hydrogen (secondary N) is 1. The van der Waals surface area contributed by atoms with Crippen LogP contribution >= 0.6 is 0 Å². The van der Waals surface area contributed by atoms with Crippen molar-refractivity contribution in [3.05, 3.63) is 0 Å². The van der Waals surface area contributed by atoms with Gasteiger partial charge in [-0.05, 0) is 5.92 Å². The highest BCUT2D eigenvalue weighted by atomic mass is 16.5. The van der Waals surface area contributed by atoms with E-state index in [0.717, 1.165) is 0 Å². The number of nitrogens with two attached hydrogens (primary N) is 1. The average Bonchev–Trinajstić information content (AvgIpc) is 2.22. The van der Waals surface area contributed by atoms with Crippen LogP contribution in [0.1, 0.15) is 13.8 Å². The number of hydrogen-bond donors (Lipinski definition) is 2. The van der Waals surface area contributed by atoms with Crippen LogP contribution < -0.4 is 11.1 Å². The number of nitrogens with zero attached hydrogens (tertiary/aromatic N) is 1. The minimum atomic E-state index is -0.618. The Balaban J connectivity index is 4.52. The van der Waals surface area contributed by atoms with Gasteiger partial charge in [-0.15, -0.1) is 0 Å². The molecule has 0 aliphatic heterocycles. The summed E-state index contributed by atoms with van der Waals surface area (Å²) < 4.78 is 4.44. The molecular weight excluding hydrogens is 198 g/mol. The second-order valence-electron chi connectivity index (χ2n) is 3.58. The topological polar surface area (TPSA) is 84.7 Å². The van der Waals surface area contributed by atoms with Crippen molar-refractivity contribution in [2.24, 2.45) is 11.7 Å². The summed E-state index contributed by atoms with van der Waals surface area (Å²) in [5.74, 6) is -0.247. The maximum Gasteiger partial charge on any atom is 0.407 e. The van der Waals surface area contributed by atoms with Gasteiger partial charge in [0.05, 0.1) is 13.8 Å². The third-order valence-electron chi connectivity index (χ3n) is 2.04. The fraction of sp³-hybridized carbons (Fsp3) is 0.778. The molecule has 1 atom stereocenters. The van der Waals surface area contributed by atoms with Gasteiger partial charge in [0.1, 0.15) is 6.04 Å². The minimum Gasteiger partial charge on any atom is -0.453 e. The first-order valence-corrected chi connectivity index (χ1v) is 4.73. The highest BCUT2D eigenvalue weighted by Gasteiger charge is 2.26.